The lowest BCUT2D eigenvalue weighted by Gasteiger charge is -2.13. The number of nitrogen functional groups attached to an aromatic ring is 2. The van der Waals surface area contributed by atoms with Crippen molar-refractivity contribution < 1.29 is 4.52 Å². The van der Waals surface area contributed by atoms with Crippen LogP contribution in [0.4, 0.5) is 11.5 Å². The van der Waals surface area contributed by atoms with Gasteiger partial charge in [0.1, 0.15) is 11.6 Å². The molecule has 0 atom stereocenters. The molecule has 0 aliphatic heterocycles. The molecule has 0 radical (unpaired) electrons. The lowest BCUT2D eigenvalue weighted by Crippen LogP contribution is -2.05. The Morgan fingerprint density at radius 2 is 1.82 bits per heavy atom. The van der Waals surface area contributed by atoms with E-state index in [0.717, 1.165) is 33.7 Å². The summed E-state index contributed by atoms with van der Waals surface area (Å²) >= 11 is 0. The third-order valence-electron chi connectivity index (χ3n) is 3.79. The zero-order valence-electron chi connectivity index (χ0n) is 12.6. The van der Waals surface area contributed by atoms with Gasteiger partial charge in [-0.15, -0.1) is 0 Å². The van der Waals surface area contributed by atoms with Crippen LogP contribution in [0.1, 0.15) is 22.6 Å². The van der Waals surface area contributed by atoms with Crippen molar-refractivity contribution >= 4 is 11.5 Å². The number of benzene rings is 1. The maximum Gasteiger partial charge on any atom is 0.146 e. The second-order valence-electron chi connectivity index (χ2n) is 5.31. The van der Waals surface area contributed by atoms with Gasteiger partial charge < -0.3 is 16.0 Å². The van der Waals surface area contributed by atoms with E-state index in [1.165, 1.54) is 0 Å². The molecule has 0 saturated heterocycles. The Morgan fingerprint density at radius 1 is 1.09 bits per heavy atom. The van der Waals surface area contributed by atoms with Crippen LogP contribution in [-0.4, -0.2) is 10.1 Å². The average Bonchev–Trinajstić information content (AvgIpc) is 2.85. The minimum Gasteiger partial charge on any atom is -0.395 e. The molecule has 0 aliphatic carbocycles. The van der Waals surface area contributed by atoms with E-state index in [9.17, 15) is 0 Å². The first-order valence-corrected chi connectivity index (χ1v) is 7.08. The van der Waals surface area contributed by atoms with E-state index in [4.69, 9.17) is 16.0 Å². The Kier molecular flexibility index (Phi) is 3.55. The molecule has 0 unspecified atom stereocenters. The molecule has 22 heavy (non-hydrogen) atoms. The number of nitrogens with two attached hydrogens (primary N) is 2. The van der Waals surface area contributed by atoms with Crippen molar-refractivity contribution in [1.82, 2.24) is 10.1 Å². The minimum absolute atomic E-state index is 0.349. The Labute approximate surface area is 129 Å². The van der Waals surface area contributed by atoms with Gasteiger partial charge in [-0.2, -0.15) is 0 Å². The van der Waals surface area contributed by atoms with Crippen LogP contribution in [0.25, 0.3) is 11.1 Å². The zero-order chi connectivity index (χ0) is 15.7. The Bertz CT molecular complexity index is 790. The standard InChI is InChI=1S/C17H18N4O/c1-10-15(11(2)22-21-10)14-9-20-17(19)16(18)13(14)8-12-6-4-3-5-7-12/h3-7,9H,8,18H2,1-2H3,(H2,19,20). The Morgan fingerprint density at radius 3 is 2.45 bits per heavy atom. The molecule has 112 valence electrons. The van der Waals surface area contributed by atoms with Gasteiger partial charge in [0, 0.05) is 23.7 Å². The first kappa shape index (κ1) is 14.1. The number of nitrogens with zero attached hydrogens (tertiary/aromatic N) is 2. The van der Waals surface area contributed by atoms with Gasteiger partial charge in [0.15, 0.2) is 0 Å². The number of hydrogen-bond acceptors (Lipinski definition) is 5. The smallest absolute Gasteiger partial charge is 0.146 e. The number of aryl methyl sites for hydroxylation is 2. The normalized spacial score (nSPS) is 10.8. The fourth-order valence-corrected chi connectivity index (χ4v) is 2.65. The fourth-order valence-electron chi connectivity index (χ4n) is 2.65. The molecule has 5 nitrogen and oxygen atoms in total. The van der Waals surface area contributed by atoms with Crippen molar-refractivity contribution in [3.05, 3.63) is 59.1 Å². The summed E-state index contributed by atoms with van der Waals surface area (Å²) in [4.78, 5) is 4.20. The maximum atomic E-state index is 6.20. The van der Waals surface area contributed by atoms with Gasteiger partial charge in [0.25, 0.3) is 0 Å². The number of pyridine rings is 1. The first-order chi connectivity index (χ1) is 10.6. The highest BCUT2D eigenvalue weighted by atomic mass is 16.5. The van der Waals surface area contributed by atoms with Crippen molar-refractivity contribution in [3.63, 3.8) is 0 Å². The van der Waals surface area contributed by atoms with Crippen LogP contribution in [0, 0.1) is 13.8 Å². The van der Waals surface area contributed by atoms with Crippen LogP contribution < -0.4 is 11.5 Å². The Balaban J connectivity index is 2.17. The Hall–Kier alpha value is -2.82. The van der Waals surface area contributed by atoms with Gasteiger partial charge in [-0.25, -0.2) is 4.98 Å². The molecule has 1 aromatic carbocycles. The van der Waals surface area contributed by atoms with Crippen molar-refractivity contribution in [1.29, 1.82) is 0 Å². The molecule has 5 heteroatoms. The van der Waals surface area contributed by atoms with E-state index in [0.29, 0.717) is 17.9 Å². The van der Waals surface area contributed by atoms with E-state index in [2.05, 4.69) is 22.3 Å². The largest absolute Gasteiger partial charge is 0.395 e. The van der Waals surface area contributed by atoms with Gasteiger partial charge in [-0.1, -0.05) is 35.5 Å². The highest BCUT2D eigenvalue weighted by molar-refractivity contribution is 5.79. The van der Waals surface area contributed by atoms with Crippen LogP contribution >= 0.6 is 0 Å². The van der Waals surface area contributed by atoms with Gasteiger partial charge in [0.2, 0.25) is 0 Å². The lowest BCUT2D eigenvalue weighted by atomic mass is 9.94. The topological polar surface area (TPSA) is 91.0 Å². The second-order valence-corrected chi connectivity index (χ2v) is 5.31. The van der Waals surface area contributed by atoms with Crippen LogP contribution in [0.15, 0.2) is 41.1 Å². The molecule has 0 bridgehead atoms. The number of anilines is 2. The maximum absolute atomic E-state index is 6.20. The third-order valence-corrected chi connectivity index (χ3v) is 3.79. The molecule has 0 aliphatic rings. The van der Waals surface area contributed by atoms with Crippen molar-refractivity contribution in [2.75, 3.05) is 11.5 Å². The molecule has 0 amide bonds. The summed E-state index contributed by atoms with van der Waals surface area (Å²) in [6, 6.07) is 10.1. The zero-order valence-corrected chi connectivity index (χ0v) is 12.6. The van der Waals surface area contributed by atoms with Gasteiger partial charge >= 0.3 is 0 Å². The van der Waals surface area contributed by atoms with Crippen molar-refractivity contribution in [3.8, 4) is 11.1 Å². The summed E-state index contributed by atoms with van der Waals surface area (Å²) in [6.07, 6.45) is 2.43. The van der Waals surface area contributed by atoms with Crippen LogP contribution in [0.2, 0.25) is 0 Å². The lowest BCUT2D eigenvalue weighted by molar-refractivity contribution is 0.393. The number of hydrogen-bond donors (Lipinski definition) is 2. The molecule has 0 saturated carbocycles. The molecule has 2 aromatic heterocycles. The predicted octanol–water partition coefficient (Wildman–Crippen LogP) is 3.11. The average molecular weight is 294 g/mol. The monoisotopic (exact) mass is 294 g/mol. The predicted molar refractivity (Wildman–Crippen MR) is 87.3 cm³/mol. The second kappa shape index (κ2) is 5.52. The molecule has 0 spiro atoms. The highest BCUT2D eigenvalue weighted by Crippen LogP contribution is 2.35. The van der Waals surface area contributed by atoms with Gasteiger partial charge in [-0.3, -0.25) is 0 Å². The SMILES string of the molecule is Cc1noc(C)c1-c1cnc(N)c(N)c1Cc1ccccc1. The van der Waals surface area contributed by atoms with Crippen LogP contribution in [0.3, 0.4) is 0 Å². The van der Waals surface area contributed by atoms with E-state index < -0.39 is 0 Å². The van der Waals surface area contributed by atoms with Crippen LogP contribution in [-0.2, 0) is 6.42 Å². The van der Waals surface area contributed by atoms with E-state index in [-0.39, 0.29) is 0 Å². The van der Waals surface area contributed by atoms with Gasteiger partial charge in [0.05, 0.1) is 11.4 Å². The summed E-state index contributed by atoms with van der Waals surface area (Å²) in [6.45, 7) is 3.79. The number of aromatic nitrogens is 2. The molecular weight excluding hydrogens is 276 g/mol. The summed E-state index contributed by atoms with van der Waals surface area (Å²) < 4.78 is 5.28. The van der Waals surface area contributed by atoms with Crippen molar-refractivity contribution in [2.45, 2.75) is 20.3 Å². The fraction of sp³-hybridized carbons (Fsp3) is 0.176. The molecule has 3 rings (SSSR count). The third kappa shape index (κ3) is 2.41. The highest BCUT2D eigenvalue weighted by Gasteiger charge is 2.19. The summed E-state index contributed by atoms with van der Waals surface area (Å²) in [5.74, 6) is 1.10. The van der Waals surface area contributed by atoms with E-state index >= 15 is 0 Å². The first-order valence-electron chi connectivity index (χ1n) is 7.08. The summed E-state index contributed by atoms with van der Waals surface area (Å²) in [7, 11) is 0. The molecule has 0 fully saturated rings. The number of rotatable bonds is 3. The molecule has 2 heterocycles. The van der Waals surface area contributed by atoms with E-state index in [1.807, 2.05) is 32.0 Å². The molecule has 4 N–H and O–H groups in total. The quantitative estimate of drug-likeness (QED) is 0.774. The molecular formula is C17H18N4O. The summed E-state index contributed by atoms with van der Waals surface area (Å²) in [5.41, 5.74) is 17.4. The van der Waals surface area contributed by atoms with E-state index in [1.54, 1.807) is 6.20 Å². The molecule has 3 aromatic rings. The van der Waals surface area contributed by atoms with Crippen LogP contribution in [0.5, 0.6) is 0 Å². The minimum atomic E-state index is 0.349. The van der Waals surface area contributed by atoms with Gasteiger partial charge in [-0.05, 0) is 25.0 Å². The van der Waals surface area contributed by atoms with Crippen molar-refractivity contribution in [2.24, 2.45) is 0 Å². The summed E-state index contributed by atoms with van der Waals surface area (Å²) in [5, 5.41) is 4.02.